The van der Waals surface area contributed by atoms with Crippen LogP contribution in [0.15, 0.2) is 141 Å². The number of aryl methyl sites for hydroxylation is 1. The average Bonchev–Trinajstić information content (AvgIpc) is 3.09. The van der Waals surface area contributed by atoms with Gasteiger partial charge >= 0.3 is 0 Å². The molecule has 208 valence electrons. The van der Waals surface area contributed by atoms with Crippen molar-refractivity contribution < 1.29 is 0 Å². The number of rotatable bonds is 5. The Bertz CT molecular complexity index is 2310. The predicted molar refractivity (Wildman–Crippen MR) is 193 cm³/mol. The maximum absolute atomic E-state index is 4.33. The Balaban J connectivity index is 1.36. The average molecular weight is 561 g/mol. The van der Waals surface area contributed by atoms with Gasteiger partial charge in [0.1, 0.15) is 0 Å². The molecule has 0 N–H and O–H groups in total. The summed E-state index contributed by atoms with van der Waals surface area (Å²) in [5.74, 6) is 0. The highest BCUT2D eigenvalue weighted by atomic mass is 14.2. The molecule has 0 unspecified atom stereocenters. The molecule has 0 atom stereocenters. The maximum Gasteiger partial charge on any atom is -0.00204 e. The molecule has 1 aliphatic rings. The first-order valence-corrected chi connectivity index (χ1v) is 15.4. The fourth-order valence-corrected chi connectivity index (χ4v) is 7.14. The number of fused-ring (bicyclic) bond motifs is 4. The Morgan fingerprint density at radius 3 is 1.95 bits per heavy atom. The van der Waals surface area contributed by atoms with E-state index in [9.17, 15) is 0 Å². The zero-order chi connectivity index (χ0) is 29.6. The van der Waals surface area contributed by atoms with Crippen LogP contribution in [0.1, 0.15) is 28.7 Å². The fourth-order valence-electron chi connectivity index (χ4n) is 7.14. The van der Waals surface area contributed by atoms with Crippen LogP contribution in [0.3, 0.4) is 0 Å². The van der Waals surface area contributed by atoms with Crippen LogP contribution < -0.4 is 0 Å². The van der Waals surface area contributed by atoms with Gasteiger partial charge in [0, 0.05) is 0 Å². The summed E-state index contributed by atoms with van der Waals surface area (Å²) in [6, 6.07) is 44.5. The lowest BCUT2D eigenvalue weighted by Gasteiger charge is -2.21. The molecule has 0 saturated carbocycles. The molecule has 1 aliphatic carbocycles. The summed E-state index contributed by atoms with van der Waals surface area (Å²) in [5, 5.41) is 7.36. The van der Waals surface area contributed by atoms with Gasteiger partial charge in [0.25, 0.3) is 0 Å². The van der Waals surface area contributed by atoms with Crippen molar-refractivity contribution in [1.82, 2.24) is 0 Å². The Labute approximate surface area is 258 Å². The molecule has 8 rings (SSSR count). The molecule has 0 saturated heterocycles. The minimum Gasteiger partial charge on any atom is -0.0984 e. The topological polar surface area (TPSA) is 0 Å². The summed E-state index contributed by atoms with van der Waals surface area (Å²) in [6.07, 6.45) is 10.8. The molecule has 7 aromatic carbocycles. The Kier molecular flexibility index (Phi) is 6.35. The van der Waals surface area contributed by atoms with Crippen molar-refractivity contribution in [2.75, 3.05) is 0 Å². The third-order valence-corrected chi connectivity index (χ3v) is 9.25. The summed E-state index contributed by atoms with van der Waals surface area (Å²) in [4.78, 5) is 0. The Morgan fingerprint density at radius 1 is 0.500 bits per heavy atom. The molecule has 0 amide bonds. The summed E-state index contributed by atoms with van der Waals surface area (Å²) in [5.41, 5.74) is 12.3. The predicted octanol–water partition coefficient (Wildman–Crippen LogP) is 12.4. The standard InChI is InChI=1S/C44H32/c1-3-37-38(4-2)44(40-19-11-15-31-13-7-8-16-39(31)40)42-18-10-9-17-41(42)43(37)35-25-22-30-21-24-34(27-36(30)28-35)33-23-20-29-12-5-6-14-32(29)26-33/h3-4,6-11,13-28H,1-2,5,12H2. The van der Waals surface area contributed by atoms with E-state index >= 15 is 0 Å². The molecular formula is C44H32. The quantitative estimate of drug-likeness (QED) is 0.196. The van der Waals surface area contributed by atoms with Crippen molar-refractivity contribution in [1.29, 1.82) is 0 Å². The van der Waals surface area contributed by atoms with Gasteiger partial charge in [-0.05, 0) is 119 Å². The second-order valence-electron chi connectivity index (χ2n) is 11.7. The SMILES string of the molecule is C=Cc1c(C=C)c(-c2cccc3ccccc23)c2ccccc2c1-c1ccc2ccc(-c3ccc4c(c3)C=CCC4)cc2c1. The normalized spacial score (nSPS) is 12.5. The van der Waals surface area contributed by atoms with Gasteiger partial charge in [-0.3, -0.25) is 0 Å². The Morgan fingerprint density at radius 2 is 1.14 bits per heavy atom. The molecule has 0 spiro atoms. The summed E-state index contributed by atoms with van der Waals surface area (Å²) in [6.45, 7) is 8.65. The van der Waals surface area contributed by atoms with E-state index in [0.29, 0.717) is 0 Å². The van der Waals surface area contributed by atoms with Crippen LogP contribution in [-0.2, 0) is 6.42 Å². The smallest absolute Gasteiger partial charge is 0.00204 e. The highest BCUT2D eigenvalue weighted by Gasteiger charge is 2.20. The summed E-state index contributed by atoms with van der Waals surface area (Å²) in [7, 11) is 0. The van der Waals surface area contributed by atoms with Crippen molar-refractivity contribution in [3.63, 3.8) is 0 Å². The van der Waals surface area contributed by atoms with Crippen LogP contribution in [0.25, 0.3) is 83.9 Å². The van der Waals surface area contributed by atoms with Gasteiger partial charge in [-0.1, -0.05) is 141 Å². The molecule has 0 nitrogen and oxygen atoms in total. The van der Waals surface area contributed by atoms with Crippen LogP contribution >= 0.6 is 0 Å². The molecule has 0 aromatic heterocycles. The second kappa shape index (κ2) is 10.7. The van der Waals surface area contributed by atoms with Gasteiger partial charge in [0.2, 0.25) is 0 Å². The van der Waals surface area contributed by atoms with Crippen LogP contribution in [-0.4, -0.2) is 0 Å². The lowest BCUT2D eigenvalue weighted by atomic mass is 9.82. The van der Waals surface area contributed by atoms with E-state index in [-0.39, 0.29) is 0 Å². The maximum atomic E-state index is 4.33. The van der Waals surface area contributed by atoms with Crippen molar-refractivity contribution in [2.24, 2.45) is 0 Å². The first-order chi connectivity index (χ1) is 21.7. The molecule has 0 heteroatoms. The summed E-state index contributed by atoms with van der Waals surface area (Å²) >= 11 is 0. The molecule has 0 fully saturated rings. The van der Waals surface area contributed by atoms with Crippen molar-refractivity contribution in [3.05, 3.63) is 163 Å². The van der Waals surface area contributed by atoms with Crippen molar-refractivity contribution in [3.8, 4) is 33.4 Å². The molecule has 0 aliphatic heterocycles. The van der Waals surface area contributed by atoms with Crippen LogP contribution in [0.4, 0.5) is 0 Å². The molecule has 0 heterocycles. The van der Waals surface area contributed by atoms with Crippen molar-refractivity contribution in [2.45, 2.75) is 12.8 Å². The summed E-state index contributed by atoms with van der Waals surface area (Å²) < 4.78 is 0. The third-order valence-electron chi connectivity index (χ3n) is 9.25. The zero-order valence-corrected chi connectivity index (χ0v) is 24.7. The largest absolute Gasteiger partial charge is 0.0984 e. The molecule has 7 aromatic rings. The van der Waals surface area contributed by atoms with Gasteiger partial charge in [0.15, 0.2) is 0 Å². The minimum atomic E-state index is 1.11. The van der Waals surface area contributed by atoms with E-state index in [4.69, 9.17) is 0 Å². The van der Waals surface area contributed by atoms with E-state index in [2.05, 4.69) is 147 Å². The number of benzene rings is 7. The second-order valence-corrected chi connectivity index (χ2v) is 11.7. The first kappa shape index (κ1) is 26.2. The molecular weight excluding hydrogens is 528 g/mol. The zero-order valence-electron chi connectivity index (χ0n) is 24.7. The highest BCUT2D eigenvalue weighted by molar-refractivity contribution is 6.15. The van der Waals surface area contributed by atoms with Gasteiger partial charge in [-0.15, -0.1) is 0 Å². The van der Waals surface area contributed by atoms with Gasteiger partial charge in [0.05, 0.1) is 0 Å². The van der Waals surface area contributed by atoms with Crippen LogP contribution in [0.2, 0.25) is 0 Å². The lowest BCUT2D eigenvalue weighted by molar-refractivity contribution is 0.986. The number of allylic oxidation sites excluding steroid dienone is 1. The van der Waals surface area contributed by atoms with Crippen LogP contribution in [0, 0.1) is 0 Å². The van der Waals surface area contributed by atoms with E-state index in [1.807, 2.05) is 12.2 Å². The first-order valence-electron chi connectivity index (χ1n) is 15.4. The van der Waals surface area contributed by atoms with Crippen LogP contribution in [0.5, 0.6) is 0 Å². The van der Waals surface area contributed by atoms with E-state index in [1.54, 1.807) is 0 Å². The van der Waals surface area contributed by atoms with E-state index < -0.39 is 0 Å². The lowest BCUT2D eigenvalue weighted by Crippen LogP contribution is -1.96. The van der Waals surface area contributed by atoms with E-state index in [0.717, 1.165) is 24.0 Å². The fraction of sp³-hybridized carbons (Fsp3) is 0.0455. The van der Waals surface area contributed by atoms with Gasteiger partial charge in [-0.2, -0.15) is 0 Å². The van der Waals surface area contributed by atoms with Gasteiger partial charge < -0.3 is 0 Å². The molecule has 0 bridgehead atoms. The molecule has 0 radical (unpaired) electrons. The number of hydrogen-bond donors (Lipinski definition) is 0. The highest BCUT2D eigenvalue weighted by Crippen LogP contribution is 2.45. The minimum absolute atomic E-state index is 1.11. The Hall–Kier alpha value is -5.46. The third kappa shape index (κ3) is 4.22. The van der Waals surface area contributed by atoms with Gasteiger partial charge in [-0.25, -0.2) is 0 Å². The van der Waals surface area contributed by atoms with E-state index in [1.165, 1.54) is 76.8 Å². The number of hydrogen-bond acceptors (Lipinski definition) is 0. The molecule has 44 heavy (non-hydrogen) atoms. The monoisotopic (exact) mass is 560 g/mol. The van der Waals surface area contributed by atoms with Crippen molar-refractivity contribution >= 4 is 50.5 Å².